The van der Waals surface area contributed by atoms with Gasteiger partial charge in [-0.3, -0.25) is 19.3 Å². The molecule has 4 rings (SSSR count). The molecule has 2 aliphatic rings. The van der Waals surface area contributed by atoms with Crippen LogP contribution in [-0.4, -0.2) is 90.0 Å². The van der Waals surface area contributed by atoms with Gasteiger partial charge >= 0.3 is 0 Å². The molecule has 1 saturated heterocycles. The molecule has 0 aromatic heterocycles. The monoisotopic (exact) mass is 781 g/mol. The number of aliphatic imine (C=N–C) groups is 1. The Hall–Kier alpha value is -4.34. The lowest BCUT2D eigenvalue weighted by Gasteiger charge is -2.42. The molecule has 0 radical (unpaired) electrons. The molecule has 2 N–H and O–H groups in total. The summed E-state index contributed by atoms with van der Waals surface area (Å²) in [6.07, 6.45) is 13.0. The number of anilines is 1. The number of carbonyl (C=O) groups excluding carboxylic acids is 3. The van der Waals surface area contributed by atoms with Crippen molar-refractivity contribution in [1.29, 1.82) is 0 Å². The zero-order chi connectivity index (χ0) is 42.1. The smallest absolute Gasteiger partial charge is 0.255 e. The van der Waals surface area contributed by atoms with Crippen LogP contribution in [0.2, 0.25) is 0 Å². The maximum Gasteiger partial charge on any atom is 0.255 e. The van der Waals surface area contributed by atoms with E-state index in [0.29, 0.717) is 23.4 Å². The van der Waals surface area contributed by atoms with Crippen LogP contribution in [0.15, 0.2) is 77.5 Å². The van der Waals surface area contributed by atoms with Crippen molar-refractivity contribution < 1.29 is 14.4 Å². The number of allylic oxidation sites excluding steroid dienone is 3. The van der Waals surface area contributed by atoms with Gasteiger partial charge in [-0.15, -0.1) is 0 Å². The zero-order valence-electron chi connectivity index (χ0n) is 37.0. The average Bonchev–Trinajstić information content (AvgIpc) is 3.21. The lowest BCUT2D eigenvalue weighted by Crippen LogP contribution is -2.58. The van der Waals surface area contributed by atoms with E-state index in [-0.39, 0.29) is 40.8 Å². The minimum absolute atomic E-state index is 0.000682. The topological polar surface area (TPSA) is 97.3 Å². The van der Waals surface area contributed by atoms with E-state index in [2.05, 4.69) is 79.0 Å². The summed E-state index contributed by atoms with van der Waals surface area (Å²) in [5.74, 6) is 0.105. The number of unbranched alkanes of at least 4 members (excludes halogenated alkanes) is 2. The third kappa shape index (κ3) is 13.4. The maximum atomic E-state index is 14.3. The van der Waals surface area contributed by atoms with Gasteiger partial charge in [-0.1, -0.05) is 111 Å². The molecule has 2 atom stereocenters. The number of rotatable bonds is 16. The normalized spacial score (nSPS) is 17.2. The highest BCUT2D eigenvalue weighted by molar-refractivity contribution is 6.39. The predicted octanol–water partition coefficient (Wildman–Crippen LogP) is 9.40. The summed E-state index contributed by atoms with van der Waals surface area (Å²) in [4.78, 5) is 52.4. The molecule has 1 heterocycles. The number of amides is 2. The first kappa shape index (κ1) is 47.0. The molecular weight excluding hydrogens is 709 g/mol. The van der Waals surface area contributed by atoms with Gasteiger partial charge in [0.2, 0.25) is 5.91 Å². The molecule has 1 fully saturated rings. The number of nitrogens with one attached hydrogen (secondary N) is 2. The second kappa shape index (κ2) is 23.2. The Morgan fingerprint density at radius 2 is 1.61 bits per heavy atom. The molecule has 1 aliphatic carbocycles. The molecule has 57 heavy (non-hydrogen) atoms. The van der Waals surface area contributed by atoms with E-state index in [1.807, 2.05) is 82.3 Å². The number of amidine groups is 1. The van der Waals surface area contributed by atoms with Gasteiger partial charge in [0.1, 0.15) is 0 Å². The lowest BCUT2D eigenvalue weighted by atomic mass is 9.86. The number of hydrogen-bond acceptors (Lipinski definition) is 6. The van der Waals surface area contributed by atoms with Crippen molar-refractivity contribution in [3.05, 3.63) is 94.7 Å². The summed E-state index contributed by atoms with van der Waals surface area (Å²) in [7, 11) is 0. The van der Waals surface area contributed by atoms with Gasteiger partial charge in [-0.25, -0.2) is 4.99 Å². The van der Waals surface area contributed by atoms with Gasteiger partial charge in [-0.05, 0) is 80.5 Å². The van der Waals surface area contributed by atoms with Crippen LogP contribution in [0.4, 0.5) is 5.69 Å². The van der Waals surface area contributed by atoms with E-state index < -0.39 is 0 Å². The van der Waals surface area contributed by atoms with Gasteiger partial charge in [0.25, 0.3) is 5.91 Å². The van der Waals surface area contributed by atoms with Crippen molar-refractivity contribution in [2.75, 3.05) is 51.1 Å². The number of likely N-dealkylation sites (N-methyl/N-ethyl adjacent to an activating group) is 1. The molecular formula is C48H72N6O3. The quantitative estimate of drug-likeness (QED) is 0.100. The first-order valence-corrected chi connectivity index (χ1v) is 21.5. The molecule has 2 aromatic rings. The number of carbonyl (C=O) groups is 3. The minimum atomic E-state index is -0.226. The Morgan fingerprint density at radius 1 is 0.930 bits per heavy atom. The number of hydrogen-bond donors (Lipinski definition) is 2. The van der Waals surface area contributed by atoms with Crippen LogP contribution in [0.25, 0.3) is 5.70 Å². The Kier molecular flexibility index (Phi) is 19.1. The average molecular weight is 781 g/mol. The number of ketones is 1. The van der Waals surface area contributed by atoms with Crippen LogP contribution in [0.5, 0.6) is 0 Å². The fourth-order valence-corrected chi connectivity index (χ4v) is 7.37. The number of Topliss-reactive ketones (excluding diaryl/α,β-unsaturated/α-hetero) is 1. The number of nitrogens with zero attached hydrogens (tertiary/aromatic N) is 4. The van der Waals surface area contributed by atoms with E-state index in [1.54, 1.807) is 0 Å². The van der Waals surface area contributed by atoms with Crippen molar-refractivity contribution in [3.8, 4) is 0 Å². The van der Waals surface area contributed by atoms with E-state index in [4.69, 9.17) is 4.99 Å². The molecule has 2 unspecified atom stereocenters. The summed E-state index contributed by atoms with van der Waals surface area (Å²) in [5, 5.41) is 6.37. The van der Waals surface area contributed by atoms with Gasteiger partial charge in [0.05, 0.1) is 11.7 Å². The molecule has 0 spiro atoms. The van der Waals surface area contributed by atoms with Crippen LogP contribution >= 0.6 is 0 Å². The summed E-state index contributed by atoms with van der Waals surface area (Å²) in [6.45, 7) is 28.6. The third-order valence-electron chi connectivity index (χ3n) is 10.8. The largest absolute Gasteiger partial charge is 0.341 e. The Balaban J connectivity index is 0.00000428. The Labute approximate surface area is 344 Å². The first-order valence-electron chi connectivity index (χ1n) is 21.5. The predicted molar refractivity (Wildman–Crippen MR) is 240 cm³/mol. The van der Waals surface area contributed by atoms with Gasteiger partial charge in [0, 0.05) is 74.6 Å². The second-order valence-corrected chi connectivity index (χ2v) is 15.9. The highest BCUT2D eigenvalue weighted by atomic mass is 16.2. The van der Waals surface area contributed by atoms with Crippen molar-refractivity contribution in [2.24, 2.45) is 10.9 Å². The molecule has 0 saturated carbocycles. The molecule has 2 aromatic carbocycles. The molecule has 9 heteroatoms. The highest BCUT2D eigenvalue weighted by Gasteiger charge is 2.37. The summed E-state index contributed by atoms with van der Waals surface area (Å²) < 4.78 is 0. The van der Waals surface area contributed by atoms with E-state index in [9.17, 15) is 14.4 Å². The molecule has 312 valence electrons. The second-order valence-electron chi connectivity index (χ2n) is 15.9. The van der Waals surface area contributed by atoms with Crippen LogP contribution in [0.1, 0.15) is 128 Å². The molecule has 1 aliphatic heterocycles. The molecule has 2 amide bonds. The molecule has 0 bridgehead atoms. The van der Waals surface area contributed by atoms with Gasteiger partial charge < -0.3 is 20.4 Å². The lowest BCUT2D eigenvalue weighted by molar-refractivity contribution is -0.139. The summed E-state index contributed by atoms with van der Waals surface area (Å²) >= 11 is 0. The number of benzene rings is 2. The van der Waals surface area contributed by atoms with Crippen molar-refractivity contribution >= 4 is 34.8 Å². The highest BCUT2D eigenvalue weighted by Crippen LogP contribution is 2.29. The standard InChI is InChI=1S/C46H66N6O3.C2H6/c1-10-14-15-28-52(27-11-2)45(55)42(51-31-29-50(13-4)30-32-51)35-21-25-38(26-22-35)47-43(34(6)53)48-40(12-3)39-17-16-18-41(33(39)5)49-44(54)36-19-23-37(24-20-36)46(7,8)9;1-2/h12,16-21,23-26,35,42H,10-11,13-15,22,27-32H2,1-9H3,(H,47,48)(H,49,54);1-2H3/b40-12-;. The summed E-state index contributed by atoms with van der Waals surface area (Å²) in [5.41, 5.74) is 5.50. The fourth-order valence-electron chi connectivity index (χ4n) is 7.37. The van der Waals surface area contributed by atoms with E-state index in [0.717, 1.165) is 88.3 Å². The van der Waals surface area contributed by atoms with Crippen LogP contribution in [-0.2, 0) is 15.0 Å². The first-order chi connectivity index (χ1) is 27.3. The van der Waals surface area contributed by atoms with Crippen LogP contribution < -0.4 is 10.6 Å². The number of piperazine rings is 1. The van der Waals surface area contributed by atoms with Gasteiger partial charge in [0.15, 0.2) is 11.6 Å². The van der Waals surface area contributed by atoms with Crippen molar-refractivity contribution in [2.45, 2.75) is 120 Å². The van der Waals surface area contributed by atoms with Crippen molar-refractivity contribution in [1.82, 2.24) is 20.0 Å². The third-order valence-corrected chi connectivity index (χ3v) is 10.8. The fraction of sp³-hybridized carbons (Fsp3) is 0.542. The van der Waals surface area contributed by atoms with Crippen molar-refractivity contribution in [3.63, 3.8) is 0 Å². The van der Waals surface area contributed by atoms with E-state index >= 15 is 0 Å². The zero-order valence-corrected chi connectivity index (χ0v) is 37.0. The Morgan fingerprint density at radius 3 is 2.16 bits per heavy atom. The maximum absolute atomic E-state index is 14.3. The van der Waals surface area contributed by atoms with E-state index in [1.165, 1.54) is 12.5 Å². The van der Waals surface area contributed by atoms with Crippen LogP contribution in [0, 0.1) is 12.8 Å². The summed E-state index contributed by atoms with van der Waals surface area (Å²) in [6, 6.07) is 13.2. The Bertz CT molecular complexity index is 1740. The minimum Gasteiger partial charge on any atom is -0.341 e. The van der Waals surface area contributed by atoms with Crippen LogP contribution in [0.3, 0.4) is 0 Å². The SMILES string of the molecule is C/C=C(\N=C(NC1=CCC(C(C(=O)N(CCC)CCCCC)N2CCN(CC)CC2)C=C1)C(C)=O)c1cccc(NC(=O)c2ccc(C(C)(C)C)cc2)c1C.CC. The molecule has 9 nitrogen and oxygen atoms in total. The van der Waals surface area contributed by atoms with Gasteiger partial charge in [-0.2, -0.15) is 0 Å².